The summed E-state index contributed by atoms with van der Waals surface area (Å²) in [6.07, 6.45) is 0.552. The summed E-state index contributed by atoms with van der Waals surface area (Å²) in [5.74, 6) is -0.326. The minimum atomic E-state index is -0.749. The summed E-state index contributed by atoms with van der Waals surface area (Å²) in [5, 5.41) is 11.4. The Bertz CT molecular complexity index is 1300. The van der Waals surface area contributed by atoms with Gasteiger partial charge in [-0.05, 0) is 60.4 Å². The van der Waals surface area contributed by atoms with Crippen molar-refractivity contribution in [1.29, 1.82) is 0 Å². The predicted molar refractivity (Wildman–Crippen MR) is 140 cm³/mol. The second-order valence-electron chi connectivity index (χ2n) is 8.87. The number of aliphatic hydroxyl groups excluding tert-OH is 1. The van der Waals surface area contributed by atoms with E-state index in [-0.39, 0.29) is 11.3 Å². The van der Waals surface area contributed by atoms with Gasteiger partial charge in [0.2, 0.25) is 0 Å². The molecule has 1 aliphatic rings. The van der Waals surface area contributed by atoms with Gasteiger partial charge >= 0.3 is 0 Å². The fourth-order valence-corrected chi connectivity index (χ4v) is 4.50. The first-order valence-electron chi connectivity index (χ1n) is 12.1. The van der Waals surface area contributed by atoms with Crippen LogP contribution in [-0.4, -0.2) is 49.1 Å². The number of benzene rings is 3. The van der Waals surface area contributed by atoms with Gasteiger partial charge in [0.1, 0.15) is 23.9 Å². The van der Waals surface area contributed by atoms with E-state index in [4.69, 9.17) is 14.2 Å². The first kappa shape index (κ1) is 26.0. The molecule has 1 heterocycles. The van der Waals surface area contributed by atoms with Gasteiger partial charge in [-0.2, -0.15) is 0 Å². The number of hydrogen-bond acceptors (Lipinski definition) is 6. The minimum absolute atomic E-state index is 0.0491. The third-order valence-corrected chi connectivity index (χ3v) is 6.38. The summed E-state index contributed by atoms with van der Waals surface area (Å²) in [6.45, 7) is 3.04. The lowest BCUT2D eigenvalue weighted by Gasteiger charge is -2.25. The number of carbonyl (C=O) groups excluding carboxylic acids is 2. The zero-order valence-corrected chi connectivity index (χ0v) is 21.3. The number of ether oxygens (including phenoxy) is 3. The Morgan fingerprint density at radius 1 is 0.973 bits per heavy atom. The zero-order valence-electron chi connectivity index (χ0n) is 21.3. The molecule has 0 aliphatic carbocycles. The van der Waals surface area contributed by atoms with Crippen LogP contribution in [-0.2, 0) is 20.9 Å². The van der Waals surface area contributed by atoms with Crippen molar-refractivity contribution in [2.75, 3.05) is 27.4 Å². The van der Waals surface area contributed by atoms with E-state index in [0.29, 0.717) is 48.8 Å². The maximum absolute atomic E-state index is 13.2. The molecule has 0 bridgehead atoms. The molecule has 1 atom stereocenters. The Hall–Kier alpha value is -4.10. The number of Topliss-reactive ketones (excluding diaryl/α,β-unsaturated/α-hetero) is 1. The van der Waals surface area contributed by atoms with Crippen molar-refractivity contribution >= 4 is 17.4 Å². The van der Waals surface area contributed by atoms with Crippen LogP contribution in [0.4, 0.5) is 0 Å². The van der Waals surface area contributed by atoms with Crippen molar-refractivity contribution in [3.05, 3.63) is 101 Å². The van der Waals surface area contributed by atoms with Crippen LogP contribution in [0.5, 0.6) is 11.5 Å². The van der Waals surface area contributed by atoms with Crippen molar-refractivity contribution in [1.82, 2.24) is 4.90 Å². The highest BCUT2D eigenvalue weighted by Crippen LogP contribution is 2.40. The van der Waals surface area contributed by atoms with Crippen LogP contribution in [0.1, 0.15) is 34.7 Å². The number of rotatable bonds is 10. The molecule has 0 aromatic heterocycles. The molecule has 0 spiro atoms. The monoisotopic (exact) mass is 501 g/mol. The highest BCUT2D eigenvalue weighted by molar-refractivity contribution is 6.46. The second kappa shape index (κ2) is 11.8. The standard InChI is InChI=1S/C30H31NO6/c1-20-17-23(13-14-25(20)37-19-21-9-5-4-6-10-21)28(32)26-27(22-11-7-12-24(18-22)36-3)31(15-8-16-35-2)30(34)29(26)33/h4-7,9-14,17-18,27,32H,8,15-16,19H2,1-3H3/b28-26-. The summed E-state index contributed by atoms with van der Waals surface area (Å²) >= 11 is 0. The summed E-state index contributed by atoms with van der Waals surface area (Å²) in [4.78, 5) is 27.8. The molecular weight excluding hydrogens is 470 g/mol. The molecule has 3 aromatic rings. The van der Waals surface area contributed by atoms with Gasteiger partial charge in [0, 0.05) is 25.8 Å². The zero-order chi connectivity index (χ0) is 26.4. The van der Waals surface area contributed by atoms with Crippen molar-refractivity contribution in [2.24, 2.45) is 0 Å². The minimum Gasteiger partial charge on any atom is -0.507 e. The van der Waals surface area contributed by atoms with Gasteiger partial charge in [-0.1, -0.05) is 42.5 Å². The molecule has 7 heteroatoms. The van der Waals surface area contributed by atoms with Gasteiger partial charge in [0.25, 0.3) is 11.7 Å². The summed E-state index contributed by atoms with van der Waals surface area (Å²) in [7, 11) is 3.14. The maximum atomic E-state index is 13.2. The first-order chi connectivity index (χ1) is 17.9. The van der Waals surface area contributed by atoms with Crippen LogP contribution >= 0.6 is 0 Å². The molecule has 4 rings (SSSR count). The quantitative estimate of drug-likeness (QED) is 0.181. The normalized spacial score (nSPS) is 16.7. The van der Waals surface area contributed by atoms with Gasteiger partial charge in [0.05, 0.1) is 18.7 Å². The van der Waals surface area contributed by atoms with Gasteiger partial charge in [-0.25, -0.2) is 0 Å². The van der Waals surface area contributed by atoms with Crippen LogP contribution in [0.3, 0.4) is 0 Å². The predicted octanol–water partition coefficient (Wildman–Crippen LogP) is 5.04. The first-order valence-corrected chi connectivity index (χ1v) is 12.1. The van der Waals surface area contributed by atoms with E-state index in [1.54, 1.807) is 50.6 Å². The van der Waals surface area contributed by atoms with E-state index in [1.807, 2.05) is 43.3 Å². The molecular formula is C30H31NO6. The van der Waals surface area contributed by atoms with E-state index in [9.17, 15) is 14.7 Å². The largest absolute Gasteiger partial charge is 0.507 e. The maximum Gasteiger partial charge on any atom is 0.295 e. The third kappa shape index (κ3) is 5.67. The number of aryl methyl sites for hydroxylation is 1. The van der Waals surface area contributed by atoms with Crippen LogP contribution in [0.2, 0.25) is 0 Å². The molecule has 1 aliphatic heterocycles. The Kier molecular flexibility index (Phi) is 8.25. The average Bonchev–Trinajstić information content (AvgIpc) is 3.17. The van der Waals surface area contributed by atoms with Crippen molar-refractivity contribution in [2.45, 2.75) is 26.0 Å². The molecule has 37 heavy (non-hydrogen) atoms. The van der Waals surface area contributed by atoms with E-state index in [0.717, 1.165) is 11.1 Å². The van der Waals surface area contributed by atoms with Gasteiger partial charge in [-0.15, -0.1) is 0 Å². The van der Waals surface area contributed by atoms with Crippen LogP contribution in [0.15, 0.2) is 78.4 Å². The molecule has 3 aromatic carbocycles. The molecule has 0 radical (unpaired) electrons. The summed E-state index contributed by atoms with van der Waals surface area (Å²) in [5.41, 5.74) is 3.00. The summed E-state index contributed by atoms with van der Waals surface area (Å²) in [6, 6.07) is 21.5. The number of ketones is 1. The molecule has 1 N–H and O–H groups in total. The number of likely N-dealkylation sites (tertiary alicyclic amines) is 1. The highest BCUT2D eigenvalue weighted by atomic mass is 16.5. The fourth-order valence-electron chi connectivity index (χ4n) is 4.50. The molecule has 1 saturated heterocycles. The molecule has 1 unspecified atom stereocenters. The topological polar surface area (TPSA) is 85.3 Å². The van der Waals surface area contributed by atoms with Crippen molar-refractivity contribution in [3.8, 4) is 11.5 Å². The molecule has 1 fully saturated rings. The molecule has 7 nitrogen and oxygen atoms in total. The Morgan fingerprint density at radius 2 is 1.76 bits per heavy atom. The average molecular weight is 502 g/mol. The molecule has 0 saturated carbocycles. The number of amides is 1. The number of nitrogens with zero attached hydrogens (tertiary/aromatic N) is 1. The van der Waals surface area contributed by atoms with Gasteiger partial charge in [-0.3, -0.25) is 9.59 Å². The third-order valence-electron chi connectivity index (χ3n) is 6.38. The van der Waals surface area contributed by atoms with Gasteiger partial charge < -0.3 is 24.2 Å². The number of aliphatic hydroxyl groups is 1. The van der Waals surface area contributed by atoms with Crippen LogP contribution < -0.4 is 9.47 Å². The summed E-state index contributed by atoms with van der Waals surface area (Å²) < 4.78 is 16.5. The highest BCUT2D eigenvalue weighted by Gasteiger charge is 2.45. The van der Waals surface area contributed by atoms with E-state index in [1.165, 1.54) is 4.90 Å². The second-order valence-corrected chi connectivity index (χ2v) is 8.87. The lowest BCUT2D eigenvalue weighted by Crippen LogP contribution is -2.31. The van der Waals surface area contributed by atoms with Crippen molar-refractivity contribution in [3.63, 3.8) is 0 Å². The van der Waals surface area contributed by atoms with Gasteiger partial charge in [0.15, 0.2) is 0 Å². The van der Waals surface area contributed by atoms with Crippen LogP contribution in [0.25, 0.3) is 5.76 Å². The van der Waals surface area contributed by atoms with E-state index in [2.05, 4.69) is 0 Å². The van der Waals surface area contributed by atoms with E-state index >= 15 is 0 Å². The molecule has 192 valence electrons. The lowest BCUT2D eigenvalue weighted by molar-refractivity contribution is -0.140. The smallest absolute Gasteiger partial charge is 0.295 e. The van der Waals surface area contributed by atoms with E-state index < -0.39 is 17.7 Å². The Balaban J connectivity index is 1.70. The Morgan fingerprint density at radius 3 is 2.46 bits per heavy atom. The number of carbonyl (C=O) groups is 2. The van der Waals surface area contributed by atoms with Crippen LogP contribution in [0, 0.1) is 6.92 Å². The van der Waals surface area contributed by atoms with Crippen molar-refractivity contribution < 1.29 is 28.9 Å². The molecule has 1 amide bonds. The fraction of sp³-hybridized carbons (Fsp3) is 0.267. The Labute approximate surface area is 216 Å². The number of hydrogen-bond donors (Lipinski definition) is 1. The number of methoxy groups -OCH3 is 2. The SMILES string of the molecule is COCCCN1C(=O)C(=O)/C(=C(\O)c2ccc(OCc3ccccc3)c(C)c2)C1c1cccc(OC)c1. The lowest BCUT2D eigenvalue weighted by atomic mass is 9.94.